The summed E-state index contributed by atoms with van der Waals surface area (Å²) < 4.78 is 13.3. The van der Waals surface area contributed by atoms with Gasteiger partial charge in [-0.1, -0.05) is 0 Å². The molecule has 0 bridgehead atoms. The third-order valence-electron chi connectivity index (χ3n) is 3.41. The van der Waals surface area contributed by atoms with Gasteiger partial charge in [0.25, 0.3) is 11.6 Å². The Morgan fingerprint density at radius 2 is 2.30 bits per heavy atom. The normalized spacial score (nSPS) is 18.3. The zero-order valence-electron chi connectivity index (χ0n) is 11.1. The largest absolute Gasteiger partial charge is 0.338 e. The number of hydrogen-bond acceptors (Lipinski definition) is 4. The van der Waals surface area contributed by atoms with Gasteiger partial charge in [-0.15, -0.1) is 0 Å². The summed E-state index contributed by atoms with van der Waals surface area (Å²) in [6.07, 6.45) is 0.879. The molecule has 0 aromatic heterocycles. The summed E-state index contributed by atoms with van der Waals surface area (Å²) >= 11 is 0. The maximum atomic E-state index is 13.3. The highest BCUT2D eigenvalue weighted by Crippen LogP contribution is 2.21. The third kappa shape index (κ3) is 3.11. The maximum Gasteiger partial charge on any atom is 0.273 e. The number of nitrogens with zero attached hydrogens (tertiary/aromatic N) is 2. The van der Waals surface area contributed by atoms with E-state index in [0.717, 1.165) is 31.2 Å². The molecule has 0 saturated carbocycles. The first-order chi connectivity index (χ1) is 9.51. The van der Waals surface area contributed by atoms with E-state index in [1.165, 1.54) is 0 Å². The quantitative estimate of drug-likeness (QED) is 0.669. The molecule has 1 N–H and O–H groups in total. The molecule has 0 radical (unpaired) electrons. The van der Waals surface area contributed by atoms with Crippen LogP contribution < -0.4 is 5.32 Å². The average Bonchev–Trinajstić information content (AvgIpc) is 2.86. The summed E-state index contributed by atoms with van der Waals surface area (Å²) in [5.74, 6) is -0.757. The van der Waals surface area contributed by atoms with Gasteiger partial charge in [0.05, 0.1) is 11.0 Å². The van der Waals surface area contributed by atoms with E-state index in [0.29, 0.717) is 19.0 Å². The zero-order valence-corrected chi connectivity index (χ0v) is 11.1. The van der Waals surface area contributed by atoms with Crippen LogP contribution in [0.3, 0.4) is 0 Å². The summed E-state index contributed by atoms with van der Waals surface area (Å²) in [5, 5.41) is 13.7. The van der Waals surface area contributed by atoms with Crippen LogP contribution in [0.1, 0.15) is 16.8 Å². The first kappa shape index (κ1) is 14.4. The van der Waals surface area contributed by atoms with Gasteiger partial charge in [-0.25, -0.2) is 4.39 Å². The van der Waals surface area contributed by atoms with Crippen LogP contribution >= 0.6 is 0 Å². The van der Waals surface area contributed by atoms with Crippen LogP contribution in [0.5, 0.6) is 0 Å². The molecule has 1 aromatic rings. The minimum atomic E-state index is -0.770. The second-order valence-corrected chi connectivity index (χ2v) is 4.92. The molecule has 1 fully saturated rings. The monoisotopic (exact) mass is 281 g/mol. The lowest BCUT2D eigenvalue weighted by molar-refractivity contribution is -0.385. The van der Waals surface area contributed by atoms with Crippen molar-refractivity contribution in [3.05, 3.63) is 39.7 Å². The topological polar surface area (TPSA) is 75.5 Å². The third-order valence-corrected chi connectivity index (χ3v) is 3.41. The Kier molecular flexibility index (Phi) is 4.29. The van der Waals surface area contributed by atoms with Crippen LogP contribution in [0.25, 0.3) is 0 Å². The van der Waals surface area contributed by atoms with E-state index in [1.54, 1.807) is 4.90 Å². The molecule has 108 valence electrons. The molecule has 1 heterocycles. The fourth-order valence-electron chi connectivity index (χ4n) is 2.46. The number of carbonyl (C=O) groups is 1. The van der Waals surface area contributed by atoms with Gasteiger partial charge in [0.2, 0.25) is 0 Å². The van der Waals surface area contributed by atoms with Crippen molar-refractivity contribution in [1.29, 1.82) is 0 Å². The highest BCUT2D eigenvalue weighted by Gasteiger charge is 2.27. The van der Waals surface area contributed by atoms with Gasteiger partial charge in [-0.2, -0.15) is 0 Å². The summed E-state index contributed by atoms with van der Waals surface area (Å²) in [7, 11) is 1.85. The number of nitro benzene ring substituents is 1. The number of hydrogen-bond donors (Lipinski definition) is 1. The Morgan fingerprint density at radius 1 is 1.55 bits per heavy atom. The molecular weight excluding hydrogens is 265 g/mol. The van der Waals surface area contributed by atoms with Gasteiger partial charge < -0.3 is 10.2 Å². The molecule has 7 heteroatoms. The molecular formula is C13H16FN3O3. The fraction of sp³-hybridized carbons (Fsp3) is 0.462. The molecule has 1 amide bonds. The van der Waals surface area contributed by atoms with Crippen LogP contribution in [-0.2, 0) is 0 Å². The van der Waals surface area contributed by atoms with Gasteiger partial charge >= 0.3 is 0 Å². The molecule has 1 aromatic carbocycles. The van der Waals surface area contributed by atoms with Crippen molar-refractivity contribution in [3.63, 3.8) is 0 Å². The van der Waals surface area contributed by atoms with Crippen LogP contribution in [0, 0.1) is 21.8 Å². The van der Waals surface area contributed by atoms with Gasteiger partial charge in [0.15, 0.2) is 0 Å². The summed E-state index contributed by atoms with van der Waals surface area (Å²) in [5.41, 5.74) is -0.374. The van der Waals surface area contributed by atoms with Crippen molar-refractivity contribution >= 4 is 11.6 Å². The van der Waals surface area contributed by atoms with Crippen LogP contribution in [-0.4, -0.2) is 42.4 Å². The number of nitrogens with one attached hydrogen (secondary N) is 1. The number of rotatable bonds is 4. The van der Waals surface area contributed by atoms with Crippen molar-refractivity contribution < 1.29 is 14.1 Å². The lowest BCUT2D eigenvalue weighted by Gasteiger charge is -2.16. The van der Waals surface area contributed by atoms with Crippen LogP contribution in [0.2, 0.25) is 0 Å². The Morgan fingerprint density at radius 3 is 2.95 bits per heavy atom. The highest BCUT2D eigenvalue weighted by molar-refractivity contribution is 5.95. The number of nitro groups is 1. The van der Waals surface area contributed by atoms with E-state index in [2.05, 4.69) is 5.32 Å². The van der Waals surface area contributed by atoms with E-state index >= 15 is 0 Å². The zero-order chi connectivity index (χ0) is 14.7. The number of amides is 1. The van der Waals surface area contributed by atoms with Gasteiger partial charge in [0, 0.05) is 24.7 Å². The predicted molar refractivity (Wildman–Crippen MR) is 71.0 cm³/mol. The minimum Gasteiger partial charge on any atom is -0.338 e. The minimum absolute atomic E-state index is 0.0295. The average molecular weight is 281 g/mol. The number of halogens is 1. The lowest BCUT2D eigenvalue weighted by Crippen LogP contribution is -2.30. The Bertz CT molecular complexity index is 536. The molecule has 1 atom stereocenters. The van der Waals surface area contributed by atoms with E-state index in [-0.39, 0.29) is 11.5 Å². The first-order valence-electron chi connectivity index (χ1n) is 6.40. The number of non-ortho nitro benzene ring substituents is 1. The molecule has 0 aliphatic carbocycles. The number of benzene rings is 1. The molecule has 1 aliphatic rings. The summed E-state index contributed by atoms with van der Waals surface area (Å²) in [6.45, 7) is 1.99. The van der Waals surface area contributed by atoms with E-state index in [4.69, 9.17) is 0 Å². The molecule has 0 spiro atoms. The van der Waals surface area contributed by atoms with Crippen LogP contribution in [0.4, 0.5) is 10.1 Å². The van der Waals surface area contributed by atoms with E-state index in [1.807, 2.05) is 7.05 Å². The highest BCUT2D eigenvalue weighted by atomic mass is 19.1. The van der Waals surface area contributed by atoms with Crippen molar-refractivity contribution in [1.82, 2.24) is 10.2 Å². The Hall–Kier alpha value is -2.02. The van der Waals surface area contributed by atoms with Gasteiger partial charge in [-0.3, -0.25) is 14.9 Å². The number of carbonyl (C=O) groups excluding carboxylic acids is 1. The van der Waals surface area contributed by atoms with Crippen molar-refractivity contribution in [2.24, 2.45) is 5.92 Å². The molecule has 2 rings (SSSR count). The molecule has 1 saturated heterocycles. The van der Waals surface area contributed by atoms with Crippen molar-refractivity contribution in [2.75, 3.05) is 26.7 Å². The van der Waals surface area contributed by atoms with Gasteiger partial charge in [0.1, 0.15) is 5.82 Å². The van der Waals surface area contributed by atoms with Crippen molar-refractivity contribution in [2.45, 2.75) is 6.42 Å². The Balaban J connectivity index is 2.15. The summed E-state index contributed by atoms with van der Waals surface area (Å²) in [6, 6.07) is 2.97. The van der Waals surface area contributed by atoms with Crippen molar-refractivity contribution in [3.8, 4) is 0 Å². The first-order valence-corrected chi connectivity index (χ1v) is 6.40. The standard InChI is InChI=1S/C13H16FN3O3/c1-15-7-9-2-3-16(8-9)13(18)10-4-11(14)6-12(5-10)17(19)20/h4-6,9,15H,2-3,7-8H2,1H3. The number of likely N-dealkylation sites (tertiary alicyclic amines) is 1. The SMILES string of the molecule is CNCC1CCN(C(=O)c2cc(F)cc([N+](=O)[O-])c2)C1. The second-order valence-electron chi connectivity index (χ2n) is 4.92. The predicted octanol–water partition coefficient (Wildman–Crippen LogP) is 1.42. The molecule has 6 nitrogen and oxygen atoms in total. The van der Waals surface area contributed by atoms with E-state index < -0.39 is 16.4 Å². The fourth-order valence-corrected chi connectivity index (χ4v) is 2.46. The smallest absolute Gasteiger partial charge is 0.273 e. The van der Waals surface area contributed by atoms with E-state index in [9.17, 15) is 19.3 Å². The maximum absolute atomic E-state index is 13.3. The summed E-state index contributed by atoms with van der Waals surface area (Å²) in [4.78, 5) is 23.8. The molecule has 20 heavy (non-hydrogen) atoms. The second kappa shape index (κ2) is 5.96. The molecule has 1 aliphatic heterocycles. The molecule has 1 unspecified atom stereocenters. The Labute approximate surface area is 115 Å². The lowest BCUT2D eigenvalue weighted by atomic mass is 10.1. The van der Waals surface area contributed by atoms with Gasteiger partial charge in [-0.05, 0) is 32.0 Å². The van der Waals surface area contributed by atoms with Crippen LogP contribution in [0.15, 0.2) is 18.2 Å².